The number of rotatable bonds is 6. The van der Waals surface area contributed by atoms with Gasteiger partial charge in [-0.05, 0) is 37.4 Å². The topological polar surface area (TPSA) is 12.0 Å². The van der Waals surface area contributed by atoms with Gasteiger partial charge in [0.05, 0.1) is 0 Å². The van der Waals surface area contributed by atoms with E-state index < -0.39 is 11.6 Å². The van der Waals surface area contributed by atoms with Crippen molar-refractivity contribution in [2.75, 3.05) is 6.54 Å². The fourth-order valence-corrected chi connectivity index (χ4v) is 1.80. The smallest absolute Gasteiger partial charge is 0.129 e. The predicted octanol–water partition coefficient (Wildman–Crippen LogP) is 3.53. The minimum atomic E-state index is -0.436. The van der Waals surface area contributed by atoms with E-state index in [0.717, 1.165) is 13.0 Å². The van der Waals surface area contributed by atoms with Gasteiger partial charge in [-0.15, -0.1) is 0 Å². The van der Waals surface area contributed by atoms with Crippen LogP contribution in [0.25, 0.3) is 0 Å². The Hall–Kier alpha value is -0.960. The van der Waals surface area contributed by atoms with Crippen molar-refractivity contribution in [1.82, 2.24) is 5.32 Å². The highest BCUT2D eigenvalue weighted by atomic mass is 19.1. The Morgan fingerprint density at radius 3 is 2.24 bits per heavy atom. The van der Waals surface area contributed by atoms with Crippen molar-refractivity contribution in [2.24, 2.45) is 5.92 Å². The van der Waals surface area contributed by atoms with Gasteiger partial charge in [-0.1, -0.05) is 26.8 Å². The van der Waals surface area contributed by atoms with E-state index in [1.54, 1.807) is 0 Å². The summed E-state index contributed by atoms with van der Waals surface area (Å²) in [5, 5.41) is 3.30. The highest BCUT2D eigenvalue weighted by Gasteiger charge is 2.12. The molecule has 1 aromatic carbocycles. The van der Waals surface area contributed by atoms with Crippen molar-refractivity contribution in [1.29, 1.82) is 0 Å². The van der Waals surface area contributed by atoms with E-state index in [4.69, 9.17) is 0 Å². The van der Waals surface area contributed by atoms with E-state index in [1.807, 2.05) is 6.92 Å². The molecule has 3 heteroatoms. The van der Waals surface area contributed by atoms with Crippen LogP contribution in [0.1, 0.15) is 32.8 Å². The second-order valence-electron chi connectivity index (χ2n) is 4.91. The van der Waals surface area contributed by atoms with E-state index in [-0.39, 0.29) is 11.5 Å². The second kappa shape index (κ2) is 6.70. The quantitative estimate of drug-likeness (QED) is 0.803. The molecule has 1 aromatic rings. The maximum Gasteiger partial charge on any atom is 0.129 e. The van der Waals surface area contributed by atoms with Crippen molar-refractivity contribution >= 4 is 0 Å². The number of hydrogen-bond donors (Lipinski definition) is 1. The number of halogens is 2. The predicted molar refractivity (Wildman–Crippen MR) is 67.0 cm³/mol. The zero-order valence-corrected chi connectivity index (χ0v) is 10.8. The second-order valence-corrected chi connectivity index (χ2v) is 4.91. The zero-order chi connectivity index (χ0) is 12.8. The molecule has 96 valence electrons. The lowest BCUT2D eigenvalue weighted by Gasteiger charge is -2.14. The number of nitrogens with one attached hydrogen (secondary N) is 1. The maximum absolute atomic E-state index is 13.4. The zero-order valence-electron chi connectivity index (χ0n) is 10.8. The molecule has 1 unspecified atom stereocenters. The van der Waals surface area contributed by atoms with E-state index >= 15 is 0 Å². The van der Waals surface area contributed by atoms with Crippen LogP contribution in [0.4, 0.5) is 8.78 Å². The van der Waals surface area contributed by atoms with Gasteiger partial charge in [-0.25, -0.2) is 8.78 Å². The molecule has 17 heavy (non-hydrogen) atoms. The van der Waals surface area contributed by atoms with Gasteiger partial charge in [0, 0.05) is 11.6 Å². The summed E-state index contributed by atoms with van der Waals surface area (Å²) in [6, 6.07) is 4.49. The Morgan fingerprint density at radius 2 is 1.71 bits per heavy atom. The first-order valence-electron chi connectivity index (χ1n) is 6.17. The summed E-state index contributed by atoms with van der Waals surface area (Å²) in [5.41, 5.74) is 0.213. The number of hydrogen-bond acceptors (Lipinski definition) is 1. The van der Waals surface area contributed by atoms with Crippen molar-refractivity contribution in [2.45, 2.75) is 39.7 Å². The third-order valence-corrected chi connectivity index (χ3v) is 2.80. The summed E-state index contributed by atoms with van der Waals surface area (Å²) in [4.78, 5) is 0. The lowest BCUT2D eigenvalue weighted by atomic mass is 9.97. The Kier molecular flexibility index (Phi) is 5.56. The first kappa shape index (κ1) is 14.1. The van der Waals surface area contributed by atoms with E-state index in [1.165, 1.54) is 18.2 Å². The molecule has 0 fully saturated rings. The van der Waals surface area contributed by atoms with Gasteiger partial charge < -0.3 is 5.32 Å². The average Bonchev–Trinajstić information content (AvgIpc) is 2.23. The van der Waals surface area contributed by atoms with E-state index in [0.29, 0.717) is 12.5 Å². The van der Waals surface area contributed by atoms with Crippen LogP contribution in [0.2, 0.25) is 0 Å². The molecule has 0 saturated heterocycles. The van der Waals surface area contributed by atoms with E-state index in [9.17, 15) is 8.78 Å². The van der Waals surface area contributed by atoms with Crippen LogP contribution in [-0.4, -0.2) is 12.6 Å². The standard InChI is InChI=1S/C14H21F2N/c1-10(2)17-8-7-11(3)9-12-13(15)5-4-6-14(12)16/h4-6,10-11,17H,7-9H2,1-3H3. The summed E-state index contributed by atoms with van der Waals surface area (Å²) in [7, 11) is 0. The molecule has 0 spiro atoms. The molecular weight excluding hydrogens is 220 g/mol. The first-order chi connectivity index (χ1) is 8.00. The van der Waals surface area contributed by atoms with Crippen molar-refractivity contribution in [3.63, 3.8) is 0 Å². The molecule has 0 radical (unpaired) electrons. The van der Waals surface area contributed by atoms with Crippen LogP contribution in [0.5, 0.6) is 0 Å². The fraction of sp³-hybridized carbons (Fsp3) is 0.571. The highest BCUT2D eigenvalue weighted by molar-refractivity contribution is 5.20. The van der Waals surface area contributed by atoms with Gasteiger partial charge in [0.25, 0.3) is 0 Å². The molecule has 0 bridgehead atoms. The molecule has 1 nitrogen and oxygen atoms in total. The lowest BCUT2D eigenvalue weighted by molar-refractivity contribution is 0.455. The van der Waals surface area contributed by atoms with Gasteiger partial charge in [0.2, 0.25) is 0 Å². The van der Waals surface area contributed by atoms with Gasteiger partial charge in [-0.2, -0.15) is 0 Å². The Bertz CT molecular complexity index is 330. The van der Waals surface area contributed by atoms with Crippen molar-refractivity contribution in [3.8, 4) is 0 Å². The van der Waals surface area contributed by atoms with Gasteiger partial charge in [0.1, 0.15) is 11.6 Å². The molecule has 0 saturated carbocycles. The third-order valence-electron chi connectivity index (χ3n) is 2.80. The van der Waals surface area contributed by atoms with Crippen LogP contribution < -0.4 is 5.32 Å². The molecule has 0 heterocycles. The fourth-order valence-electron chi connectivity index (χ4n) is 1.80. The third kappa shape index (κ3) is 4.82. The van der Waals surface area contributed by atoms with Gasteiger partial charge >= 0.3 is 0 Å². The van der Waals surface area contributed by atoms with Gasteiger partial charge in [-0.3, -0.25) is 0 Å². The normalized spacial score (nSPS) is 13.1. The minimum Gasteiger partial charge on any atom is -0.315 e. The average molecular weight is 241 g/mol. The van der Waals surface area contributed by atoms with Crippen LogP contribution in [0.15, 0.2) is 18.2 Å². The Labute approximate surface area is 102 Å². The van der Waals surface area contributed by atoms with Crippen LogP contribution in [0, 0.1) is 17.6 Å². The summed E-state index contributed by atoms with van der Waals surface area (Å²) in [6.07, 6.45) is 1.38. The molecule has 0 amide bonds. The molecule has 1 atom stereocenters. The van der Waals surface area contributed by atoms with Crippen LogP contribution in [0.3, 0.4) is 0 Å². The molecular formula is C14H21F2N. The van der Waals surface area contributed by atoms with E-state index in [2.05, 4.69) is 19.2 Å². The lowest BCUT2D eigenvalue weighted by Crippen LogP contribution is -2.25. The summed E-state index contributed by atoms with van der Waals surface area (Å²) < 4.78 is 26.8. The molecule has 0 aliphatic heterocycles. The Morgan fingerprint density at radius 1 is 1.12 bits per heavy atom. The van der Waals surface area contributed by atoms with Crippen LogP contribution >= 0.6 is 0 Å². The molecule has 1 N–H and O–H groups in total. The monoisotopic (exact) mass is 241 g/mol. The summed E-state index contributed by atoms with van der Waals surface area (Å²) in [6.45, 7) is 7.07. The highest BCUT2D eigenvalue weighted by Crippen LogP contribution is 2.18. The Balaban J connectivity index is 2.47. The minimum absolute atomic E-state index is 0.213. The molecule has 0 aliphatic rings. The molecule has 0 aromatic heterocycles. The first-order valence-corrected chi connectivity index (χ1v) is 6.17. The van der Waals surface area contributed by atoms with Crippen LogP contribution in [-0.2, 0) is 6.42 Å². The summed E-state index contributed by atoms with van der Waals surface area (Å²) in [5.74, 6) is -0.602. The van der Waals surface area contributed by atoms with Gasteiger partial charge in [0.15, 0.2) is 0 Å². The maximum atomic E-state index is 13.4. The largest absolute Gasteiger partial charge is 0.315 e. The summed E-state index contributed by atoms with van der Waals surface area (Å²) >= 11 is 0. The van der Waals surface area contributed by atoms with Crippen molar-refractivity contribution < 1.29 is 8.78 Å². The molecule has 0 aliphatic carbocycles. The number of benzene rings is 1. The van der Waals surface area contributed by atoms with Crippen molar-refractivity contribution in [3.05, 3.63) is 35.4 Å². The molecule has 1 rings (SSSR count). The SMILES string of the molecule is CC(CCNC(C)C)Cc1c(F)cccc1F.